The Labute approximate surface area is 155 Å². The van der Waals surface area contributed by atoms with Gasteiger partial charge in [0.25, 0.3) is 5.91 Å². The minimum Gasteiger partial charge on any atom is -0.336 e. The second-order valence-corrected chi connectivity index (χ2v) is 7.09. The van der Waals surface area contributed by atoms with Gasteiger partial charge in [0.05, 0.1) is 5.56 Å². The van der Waals surface area contributed by atoms with Crippen LogP contribution in [-0.4, -0.2) is 25.0 Å². The number of rotatable bonds is 3. The largest absolute Gasteiger partial charge is 0.336 e. The summed E-state index contributed by atoms with van der Waals surface area (Å²) in [5.74, 6) is -0.182. The summed E-state index contributed by atoms with van der Waals surface area (Å²) in [5, 5.41) is 5.64. The molecule has 0 bridgehead atoms. The molecule has 0 aliphatic carbocycles. The van der Waals surface area contributed by atoms with Crippen LogP contribution in [0.4, 0.5) is 16.2 Å². The molecule has 7 heteroatoms. The summed E-state index contributed by atoms with van der Waals surface area (Å²) in [6.45, 7) is 1.26. The van der Waals surface area contributed by atoms with Crippen molar-refractivity contribution in [2.75, 3.05) is 23.3 Å². The van der Waals surface area contributed by atoms with Gasteiger partial charge in [0.15, 0.2) is 0 Å². The van der Waals surface area contributed by atoms with Crippen molar-refractivity contribution in [2.24, 2.45) is 0 Å². The molecule has 0 radical (unpaired) electrons. The predicted molar refractivity (Wildman–Crippen MR) is 102 cm³/mol. The van der Waals surface area contributed by atoms with Crippen molar-refractivity contribution in [1.82, 2.24) is 5.32 Å². The van der Waals surface area contributed by atoms with Gasteiger partial charge in [-0.2, -0.15) is 0 Å². The molecule has 0 unspecified atom stereocenters. The van der Waals surface area contributed by atoms with Crippen molar-refractivity contribution in [1.29, 1.82) is 0 Å². The van der Waals surface area contributed by atoms with Crippen LogP contribution in [0, 0.1) is 3.57 Å². The van der Waals surface area contributed by atoms with Crippen LogP contribution >= 0.6 is 38.5 Å². The number of benzene rings is 2. The Morgan fingerprint density at radius 2 is 2.09 bits per heavy atom. The normalized spacial score (nSPS) is 13.8. The monoisotopic (exact) mass is 485 g/mol. The molecule has 0 saturated carbocycles. The maximum atomic E-state index is 12.5. The fraction of sp³-hybridized carbons (Fsp3) is 0.125. The van der Waals surface area contributed by atoms with E-state index in [2.05, 4.69) is 49.2 Å². The molecule has 1 saturated heterocycles. The minimum atomic E-state index is -0.182. The molecule has 0 spiro atoms. The fourth-order valence-corrected chi connectivity index (χ4v) is 3.28. The van der Waals surface area contributed by atoms with E-state index in [1.165, 1.54) is 0 Å². The lowest BCUT2D eigenvalue weighted by Gasteiger charge is -2.15. The van der Waals surface area contributed by atoms with Gasteiger partial charge in [-0.05, 0) is 59.0 Å². The third-order valence-electron chi connectivity index (χ3n) is 3.45. The van der Waals surface area contributed by atoms with Crippen molar-refractivity contribution in [3.8, 4) is 0 Å². The van der Waals surface area contributed by atoms with Crippen molar-refractivity contribution in [2.45, 2.75) is 0 Å². The zero-order chi connectivity index (χ0) is 16.4. The first kappa shape index (κ1) is 16.3. The van der Waals surface area contributed by atoms with Gasteiger partial charge in [0.2, 0.25) is 0 Å². The molecule has 3 amide bonds. The Morgan fingerprint density at radius 3 is 2.83 bits per heavy atom. The lowest BCUT2D eigenvalue weighted by Crippen LogP contribution is -2.27. The molecule has 1 aliphatic heterocycles. The number of carbonyl (C=O) groups excluding carboxylic acids is 2. The molecule has 0 aromatic heterocycles. The summed E-state index contributed by atoms with van der Waals surface area (Å²) in [7, 11) is 0. The third-order valence-corrected chi connectivity index (χ3v) is 4.88. The molecule has 2 N–H and O–H groups in total. The van der Waals surface area contributed by atoms with E-state index in [1.54, 1.807) is 23.1 Å². The molecule has 23 heavy (non-hydrogen) atoms. The second-order valence-electron chi connectivity index (χ2n) is 5.01. The number of halogens is 2. The van der Waals surface area contributed by atoms with Gasteiger partial charge in [-0.3, -0.25) is 9.69 Å². The number of nitrogens with one attached hydrogen (secondary N) is 2. The van der Waals surface area contributed by atoms with Crippen LogP contribution in [0.3, 0.4) is 0 Å². The van der Waals surface area contributed by atoms with Crippen LogP contribution in [0.2, 0.25) is 0 Å². The Morgan fingerprint density at radius 1 is 1.26 bits per heavy atom. The molecule has 2 aromatic rings. The number of carbonyl (C=O) groups is 2. The number of amides is 3. The molecule has 1 heterocycles. The van der Waals surface area contributed by atoms with E-state index in [9.17, 15) is 9.59 Å². The van der Waals surface area contributed by atoms with Crippen LogP contribution in [0.5, 0.6) is 0 Å². The van der Waals surface area contributed by atoms with Gasteiger partial charge in [-0.25, -0.2) is 4.79 Å². The maximum Gasteiger partial charge on any atom is 0.321 e. The smallest absolute Gasteiger partial charge is 0.321 e. The van der Waals surface area contributed by atoms with Crippen LogP contribution in [-0.2, 0) is 0 Å². The SMILES string of the molecule is O=C(Nc1cccc(N2CCNC2=O)c1)c1cc(Br)ccc1I. The van der Waals surface area contributed by atoms with Crippen LogP contribution in [0.25, 0.3) is 0 Å². The molecule has 1 aliphatic rings. The van der Waals surface area contributed by atoms with Crippen LogP contribution in [0.15, 0.2) is 46.9 Å². The molecule has 1 fully saturated rings. The molecule has 118 valence electrons. The molecule has 5 nitrogen and oxygen atoms in total. The van der Waals surface area contributed by atoms with Gasteiger partial charge in [-0.1, -0.05) is 22.0 Å². The Balaban J connectivity index is 1.81. The molecule has 3 rings (SSSR count). The number of nitrogens with zero attached hydrogens (tertiary/aromatic N) is 1. The average molecular weight is 486 g/mol. The van der Waals surface area contributed by atoms with Gasteiger partial charge in [-0.15, -0.1) is 0 Å². The standard InChI is InChI=1S/C16H13BrIN3O2/c17-10-4-5-14(18)13(8-10)15(22)20-11-2-1-3-12(9-11)21-7-6-19-16(21)23/h1-5,8-9H,6-7H2,(H,19,23)(H,20,22). The van der Waals surface area contributed by atoms with E-state index in [0.717, 1.165) is 13.7 Å². The molecular formula is C16H13BrIN3O2. The van der Waals surface area contributed by atoms with Gasteiger partial charge in [0, 0.05) is 32.5 Å². The highest BCUT2D eigenvalue weighted by atomic mass is 127. The van der Waals surface area contributed by atoms with E-state index in [-0.39, 0.29) is 11.9 Å². The Bertz CT molecular complexity index is 782. The van der Waals surface area contributed by atoms with Gasteiger partial charge < -0.3 is 10.6 Å². The molecular weight excluding hydrogens is 473 g/mol. The highest BCUT2D eigenvalue weighted by Gasteiger charge is 2.21. The lowest BCUT2D eigenvalue weighted by molar-refractivity contribution is 0.102. The Kier molecular flexibility index (Phi) is 4.86. The first-order valence-electron chi connectivity index (χ1n) is 6.96. The quantitative estimate of drug-likeness (QED) is 0.649. The van der Waals surface area contributed by atoms with Crippen molar-refractivity contribution >= 4 is 61.8 Å². The second kappa shape index (κ2) is 6.88. The number of hydrogen-bond acceptors (Lipinski definition) is 2. The zero-order valence-electron chi connectivity index (χ0n) is 12.0. The summed E-state index contributed by atoms with van der Waals surface area (Å²) >= 11 is 5.51. The summed E-state index contributed by atoms with van der Waals surface area (Å²) in [6.07, 6.45) is 0. The maximum absolute atomic E-state index is 12.5. The lowest BCUT2D eigenvalue weighted by atomic mass is 10.2. The topological polar surface area (TPSA) is 61.4 Å². The summed E-state index contributed by atoms with van der Waals surface area (Å²) in [4.78, 5) is 25.8. The van der Waals surface area contributed by atoms with Crippen molar-refractivity contribution in [3.63, 3.8) is 0 Å². The van der Waals surface area contributed by atoms with E-state index in [1.807, 2.05) is 24.3 Å². The van der Waals surface area contributed by atoms with E-state index < -0.39 is 0 Å². The van der Waals surface area contributed by atoms with Crippen molar-refractivity contribution < 1.29 is 9.59 Å². The van der Waals surface area contributed by atoms with Crippen molar-refractivity contribution in [3.05, 3.63) is 56.1 Å². The number of hydrogen-bond donors (Lipinski definition) is 2. The highest BCUT2D eigenvalue weighted by Crippen LogP contribution is 2.23. The van der Waals surface area contributed by atoms with Crippen LogP contribution < -0.4 is 15.5 Å². The number of anilines is 2. The number of urea groups is 1. The minimum absolute atomic E-state index is 0.116. The first-order valence-corrected chi connectivity index (χ1v) is 8.83. The third kappa shape index (κ3) is 3.66. The zero-order valence-corrected chi connectivity index (χ0v) is 15.7. The average Bonchev–Trinajstić information content (AvgIpc) is 2.96. The molecule has 0 atom stereocenters. The van der Waals surface area contributed by atoms with E-state index in [0.29, 0.717) is 24.3 Å². The molecule has 2 aromatic carbocycles. The highest BCUT2D eigenvalue weighted by molar-refractivity contribution is 14.1. The summed E-state index contributed by atoms with van der Waals surface area (Å²) in [5.41, 5.74) is 2.02. The van der Waals surface area contributed by atoms with E-state index in [4.69, 9.17) is 0 Å². The summed E-state index contributed by atoms with van der Waals surface area (Å²) in [6, 6.07) is 12.7. The first-order chi connectivity index (χ1) is 11.0. The van der Waals surface area contributed by atoms with Crippen LogP contribution in [0.1, 0.15) is 10.4 Å². The Hall–Kier alpha value is -1.61. The fourth-order valence-electron chi connectivity index (χ4n) is 2.34. The van der Waals surface area contributed by atoms with E-state index >= 15 is 0 Å². The van der Waals surface area contributed by atoms with Gasteiger partial charge >= 0.3 is 6.03 Å². The summed E-state index contributed by atoms with van der Waals surface area (Å²) < 4.78 is 1.73. The predicted octanol–water partition coefficient (Wildman–Crippen LogP) is 3.84. The van der Waals surface area contributed by atoms with Gasteiger partial charge in [0.1, 0.15) is 0 Å².